The Morgan fingerprint density at radius 2 is 2.18 bits per heavy atom. The molecule has 12 heteroatoms. The molecule has 2 aliphatic heterocycles. The Balaban J connectivity index is 1.48. The van der Waals surface area contributed by atoms with Gasteiger partial charge in [-0.2, -0.15) is 10.2 Å². The van der Waals surface area contributed by atoms with Crippen molar-refractivity contribution in [1.82, 2.24) is 35.2 Å². The quantitative estimate of drug-likeness (QED) is 0.533. The number of aryl methyl sites for hydroxylation is 1. The molecule has 2 bridgehead atoms. The number of carbonyl (C=O) groups is 2. The highest BCUT2D eigenvalue weighted by molar-refractivity contribution is 5.96. The Labute approximate surface area is 157 Å². The molecule has 148 valence electrons. The molecule has 2 amide bonds. The topological polar surface area (TPSA) is 155 Å². The third kappa shape index (κ3) is 2.91. The maximum Gasteiger partial charge on any atom is 0.342 e. The van der Waals surface area contributed by atoms with Gasteiger partial charge in [0.25, 0.3) is 17.4 Å². The van der Waals surface area contributed by atoms with Crippen LogP contribution in [0.15, 0.2) is 15.8 Å². The Morgan fingerprint density at radius 3 is 2.89 bits per heavy atom. The molecule has 1 saturated carbocycles. The van der Waals surface area contributed by atoms with Gasteiger partial charge in [0.2, 0.25) is 5.69 Å². The van der Waals surface area contributed by atoms with Crippen LogP contribution in [0.2, 0.25) is 0 Å². The van der Waals surface area contributed by atoms with Crippen LogP contribution < -0.4 is 16.6 Å². The second-order valence-corrected chi connectivity index (χ2v) is 6.97. The molecule has 0 spiro atoms. The number of rotatable bonds is 5. The first-order chi connectivity index (χ1) is 13.4. The minimum Gasteiger partial charge on any atom is -0.378 e. The maximum atomic E-state index is 13.0. The van der Waals surface area contributed by atoms with Crippen molar-refractivity contribution in [2.24, 2.45) is 13.0 Å². The van der Waals surface area contributed by atoms with Crippen molar-refractivity contribution < 1.29 is 14.3 Å². The average molecular weight is 389 g/mol. The van der Waals surface area contributed by atoms with Gasteiger partial charge in [0, 0.05) is 32.8 Å². The summed E-state index contributed by atoms with van der Waals surface area (Å²) in [7, 11) is 3.27. The summed E-state index contributed by atoms with van der Waals surface area (Å²) in [4.78, 5) is 51.8. The SMILES string of the molecule is COCc1nn(C)cc1C(=O)N1CC2CC1C2NC(=O)c1n[nH]c(=O)[nH]c1=O. The average Bonchev–Trinajstić information content (AvgIpc) is 3.32. The van der Waals surface area contributed by atoms with Crippen molar-refractivity contribution in [2.45, 2.75) is 25.1 Å². The van der Waals surface area contributed by atoms with E-state index in [1.807, 2.05) is 10.1 Å². The molecule has 2 aromatic rings. The van der Waals surface area contributed by atoms with E-state index >= 15 is 0 Å². The summed E-state index contributed by atoms with van der Waals surface area (Å²) in [5.74, 6) is -0.750. The second kappa shape index (κ2) is 6.71. The zero-order valence-corrected chi connectivity index (χ0v) is 15.3. The van der Waals surface area contributed by atoms with Gasteiger partial charge in [0.1, 0.15) is 5.69 Å². The van der Waals surface area contributed by atoms with E-state index in [2.05, 4.69) is 15.5 Å². The summed E-state index contributed by atoms with van der Waals surface area (Å²) in [6, 6.07) is -0.439. The molecule has 0 radical (unpaired) electrons. The third-order valence-corrected chi connectivity index (χ3v) is 5.20. The lowest BCUT2D eigenvalue weighted by Crippen LogP contribution is -2.56. The first kappa shape index (κ1) is 18.1. The summed E-state index contributed by atoms with van der Waals surface area (Å²) < 4.78 is 6.67. The first-order valence-electron chi connectivity index (χ1n) is 8.71. The molecular weight excluding hydrogens is 370 g/mol. The number of hydrogen-bond donors (Lipinski definition) is 3. The molecule has 5 rings (SSSR count). The number of methoxy groups -OCH3 is 1. The number of aromatic nitrogens is 5. The molecular formula is C16H19N7O5. The highest BCUT2D eigenvalue weighted by Crippen LogP contribution is 2.42. The molecule has 3 unspecified atom stereocenters. The van der Waals surface area contributed by atoms with Crippen LogP contribution in [0, 0.1) is 5.92 Å². The van der Waals surface area contributed by atoms with Crippen LogP contribution in [-0.4, -0.2) is 67.4 Å². The molecule has 0 aromatic carbocycles. The van der Waals surface area contributed by atoms with Crippen molar-refractivity contribution >= 4 is 11.8 Å². The molecule has 2 saturated heterocycles. The molecule has 3 N–H and O–H groups in total. The van der Waals surface area contributed by atoms with Gasteiger partial charge in [-0.05, 0) is 6.42 Å². The number of hydrogen-bond acceptors (Lipinski definition) is 7. The molecule has 28 heavy (non-hydrogen) atoms. The third-order valence-electron chi connectivity index (χ3n) is 5.20. The Morgan fingerprint density at radius 1 is 1.39 bits per heavy atom. The van der Waals surface area contributed by atoms with E-state index in [1.165, 1.54) is 7.11 Å². The van der Waals surface area contributed by atoms with Crippen LogP contribution in [0.5, 0.6) is 0 Å². The fourth-order valence-electron chi connectivity index (χ4n) is 3.90. The molecule has 1 aliphatic carbocycles. The van der Waals surface area contributed by atoms with Crippen LogP contribution >= 0.6 is 0 Å². The number of carbonyl (C=O) groups excluding carboxylic acids is 2. The van der Waals surface area contributed by atoms with Gasteiger partial charge < -0.3 is 15.0 Å². The first-order valence-corrected chi connectivity index (χ1v) is 8.71. The van der Waals surface area contributed by atoms with Crippen LogP contribution in [0.4, 0.5) is 0 Å². The molecule has 3 fully saturated rings. The number of nitrogens with one attached hydrogen (secondary N) is 3. The lowest BCUT2D eigenvalue weighted by Gasteiger charge is -2.36. The Hall–Kier alpha value is -3.28. The van der Waals surface area contributed by atoms with E-state index in [1.54, 1.807) is 22.8 Å². The Bertz CT molecular complexity index is 1050. The van der Waals surface area contributed by atoms with Gasteiger partial charge in [0.05, 0.1) is 24.3 Å². The predicted molar refractivity (Wildman–Crippen MR) is 93.6 cm³/mol. The lowest BCUT2D eigenvalue weighted by molar-refractivity contribution is 0.0693. The van der Waals surface area contributed by atoms with Crippen LogP contribution in [0.25, 0.3) is 0 Å². The Kier molecular flexibility index (Phi) is 4.34. The van der Waals surface area contributed by atoms with E-state index in [4.69, 9.17) is 4.74 Å². The number of ether oxygens (including phenoxy) is 1. The van der Waals surface area contributed by atoms with Gasteiger partial charge in [0.15, 0.2) is 0 Å². The number of amides is 2. The van der Waals surface area contributed by atoms with E-state index in [0.717, 1.165) is 6.42 Å². The van der Waals surface area contributed by atoms with E-state index in [-0.39, 0.29) is 30.5 Å². The lowest BCUT2D eigenvalue weighted by atomic mass is 9.80. The molecule has 12 nitrogen and oxygen atoms in total. The minimum atomic E-state index is -0.861. The van der Waals surface area contributed by atoms with E-state index in [9.17, 15) is 19.2 Å². The number of H-pyrrole nitrogens is 2. The van der Waals surface area contributed by atoms with Crippen molar-refractivity contribution in [3.63, 3.8) is 0 Å². The summed E-state index contributed by atoms with van der Waals surface area (Å²) in [5.41, 5.74) is -1.03. The largest absolute Gasteiger partial charge is 0.378 e. The smallest absolute Gasteiger partial charge is 0.342 e. The highest BCUT2D eigenvalue weighted by atomic mass is 16.5. The van der Waals surface area contributed by atoms with Crippen molar-refractivity contribution in [3.05, 3.63) is 44.0 Å². The summed E-state index contributed by atoms with van der Waals surface area (Å²) in [6.45, 7) is 0.732. The highest BCUT2D eigenvalue weighted by Gasteiger charge is 2.54. The van der Waals surface area contributed by atoms with Crippen LogP contribution in [0.3, 0.4) is 0 Å². The van der Waals surface area contributed by atoms with Gasteiger partial charge >= 0.3 is 5.69 Å². The minimum absolute atomic E-state index is 0.0993. The summed E-state index contributed by atoms with van der Waals surface area (Å²) in [5, 5.41) is 12.5. The predicted octanol–water partition coefficient (Wildman–Crippen LogP) is -2.02. The summed E-state index contributed by atoms with van der Waals surface area (Å²) in [6.07, 6.45) is 2.43. The standard InChI is InChI=1S/C16H19N7O5/c1-22-5-8(9(21-22)6-28-2)15(26)23-4-7-3-10(23)11(7)17-13(24)12-14(25)18-16(27)20-19-12/h5,7,10-11H,3-4,6H2,1-2H3,(H,17,24)(H2,18,20,25,27). The zero-order chi connectivity index (χ0) is 20.0. The molecule has 3 atom stereocenters. The van der Waals surface area contributed by atoms with Gasteiger partial charge in [-0.3, -0.25) is 24.0 Å². The van der Waals surface area contributed by atoms with Gasteiger partial charge in [-0.1, -0.05) is 0 Å². The number of nitrogens with zero attached hydrogens (tertiary/aromatic N) is 4. The molecule has 4 heterocycles. The number of fused-ring (bicyclic) bond motifs is 1. The monoisotopic (exact) mass is 389 g/mol. The van der Waals surface area contributed by atoms with Crippen LogP contribution in [-0.2, 0) is 18.4 Å². The number of aromatic amines is 2. The van der Waals surface area contributed by atoms with Crippen LogP contribution in [0.1, 0.15) is 33.0 Å². The summed E-state index contributed by atoms with van der Waals surface area (Å²) >= 11 is 0. The zero-order valence-electron chi connectivity index (χ0n) is 15.3. The van der Waals surface area contributed by atoms with E-state index < -0.39 is 22.9 Å². The fraction of sp³-hybridized carbons (Fsp3) is 0.500. The van der Waals surface area contributed by atoms with E-state index in [0.29, 0.717) is 17.8 Å². The van der Waals surface area contributed by atoms with Gasteiger partial charge in [-0.25, -0.2) is 9.89 Å². The normalized spacial score (nSPS) is 22.8. The van der Waals surface area contributed by atoms with Crippen molar-refractivity contribution in [2.75, 3.05) is 13.7 Å². The van der Waals surface area contributed by atoms with Crippen molar-refractivity contribution in [1.29, 1.82) is 0 Å². The fourth-order valence-corrected chi connectivity index (χ4v) is 3.90. The second-order valence-electron chi connectivity index (χ2n) is 6.97. The molecule has 3 aliphatic rings. The van der Waals surface area contributed by atoms with Crippen molar-refractivity contribution in [3.8, 4) is 0 Å². The molecule has 2 aromatic heterocycles. The van der Waals surface area contributed by atoms with Gasteiger partial charge in [-0.15, -0.1) is 0 Å². The maximum absolute atomic E-state index is 13.0.